The van der Waals surface area contributed by atoms with E-state index in [2.05, 4.69) is 9.62 Å². The number of likely N-dealkylation sites (N-methyl/N-ethyl adjacent to an activating group) is 1. The Morgan fingerprint density at radius 2 is 2.33 bits per heavy atom. The van der Waals surface area contributed by atoms with Gasteiger partial charge in [-0.15, -0.1) is 0 Å². The predicted molar refractivity (Wildman–Crippen MR) is 56.1 cm³/mol. The summed E-state index contributed by atoms with van der Waals surface area (Å²) in [5.41, 5.74) is 0. The van der Waals surface area contributed by atoms with Crippen LogP contribution in [0.2, 0.25) is 0 Å². The van der Waals surface area contributed by atoms with Gasteiger partial charge in [-0.2, -0.15) is 0 Å². The number of morpholine rings is 1. The standard InChI is InChI=1S/C8H18N2O4S/c1-10-2-4-14-8(7-10)6-9-15(12,13)5-3-11/h8-9,11H,2-7H2,1H3. The molecule has 1 aliphatic heterocycles. The first-order chi connectivity index (χ1) is 7.03. The highest BCUT2D eigenvalue weighted by Crippen LogP contribution is 2.02. The molecule has 1 unspecified atom stereocenters. The van der Waals surface area contributed by atoms with Gasteiger partial charge in [0.05, 0.1) is 25.1 Å². The molecule has 0 amide bonds. The lowest BCUT2D eigenvalue weighted by atomic mass is 10.3. The normalized spacial score (nSPS) is 24.3. The van der Waals surface area contributed by atoms with Gasteiger partial charge >= 0.3 is 0 Å². The third kappa shape index (κ3) is 4.89. The first kappa shape index (κ1) is 12.9. The molecule has 90 valence electrons. The minimum absolute atomic E-state index is 0.0998. The number of aliphatic hydroxyl groups excluding tert-OH is 1. The molecule has 1 rings (SSSR count). The summed E-state index contributed by atoms with van der Waals surface area (Å²) in [5, 5.41) is 8.52. The third-order valence-electron chi connectivity index (χ3n) is 2.23. The second-order valence-corrected chi connectivity index (χ2v) is 5.57. The van der Waals surface area contributed by atoms with Gasteiger partial charge in [-0.3, -0.25) is 0 Å². The molecule has 15 heavy (non-hydrogen) atoms. The zero-order valence-electron chi connectivity index (χ0n) is 8.85. The van der Waals surface area contributed by atoms with Crippen molar-refractivity contribution in [1.82, 2.24) is 9.62 Å². The summed E-state index contributed by atoms with van der Waals surface area (Å²) in [6, 6.07) is 0. The van der Waals surface area contributed by atoms with E-state index in [-0.39, 0.29) is 25.0 Å². The molecule has 7 heteroatoms. The molecule has 1 aliphatic rings. The lowest BCUT2D eigenvalue weighted by molar-refractivity contribution is -0.0156. The van der Waals surface area contributed by atoms with Gasteiger partial charge < -0.3 is 14.7 Å². The van der Waals surface area contributed by atoms with Crippen molar-refractivity contribution in [3.8, 4) is 0 Å². The van der Waals surface area contributed by atoms with Crippen molar-refractivity contribution in [1.29, 1.82) is 0 Å². The maximum Gasteiger partial charge on any atom is 0.213 e. The Bertz CT molecular complexity index is 280. The fraction of sp³-hybridized carbons (Fsp3) is 1.00. The van der Waals surface area contributed by atoms with Crippen LogP contribution in [0.3, 0.4) is 0 Å². The summed E-state index contributed by atoms with van der Waals surface area (Å²) in [5.74, 6) is -0.254. The highest BCUT2D eigenvalue weighted by molar-refractivity contribution is 7.89. The quantitative estimate of drug-likeness (QED) is 0.592. The van der Waals surface area contributed by atoms with Crippen LogP contribution in [0.4, 0.5) is 0 Å². The number of nitrogens with one attached hydrogen (secondary N) is 1. The molecule has 1 fully saturated rings. The Balaban J connectivity index is 2.30. The van der Waals surface area contributed by atoms with Crippen molar-refractivity contribution in [2.24, 2.45) is 0 Å². The topological polar surface area (TPSA) is 78.9 Å². The van der Waals surface area contributed by atoms with Crippen LogP contribution in [0.15, 0.2) is 0 Å². The van der Waals surface area contributed by atoms with Gasteiger partial charge in [-0.1, -0.05) is 0 Å². The lowest BCUT2D eigenvalue weighted by Gasteiger charge is -2.29. The average molecular weight is 238 g/mol. The Labute approximate surface area is 90.3 Å². The maximum atomic E-state index is 11.2. The number of ether oxygens (including phenoxy) is 1. The van der Waals surface area contributed by atoms with E-state index in [9.17, 15) is 8.42 Å². The van der Waals surface area contributed by atoms with Gasteiger partial charge in [0.25, 0.3) is 0 Å². The Morgan fingerprint density at radius 1 is 1.60 bits per heavy atom. The molecule has 2 N–H and O–H groups in total. The van der Waals surface area contributed by atoms with Crippen LogP contribution in [0.25, 0.3) is 0 Å². The smallest absolute Gasteiger partial charge is 0.213 e. The van der Waals surface area contributed by atoms with E-state index < -0.39 is 10.0 Å². The SMILES string of the molecule is CN1CCOC(CNS(=O)(=O)CCO)C1. The summed E-state index contributed by atoms with van der Waals surface area (Å²) >= 11 is 0. The highest BCUT2D eigenvalue weighted by atomic mass is 32.2. The maximum absolute atomic E-state index is 11.2. The third-order valence-corrected chi connectivity index (χ3v) is 3.56. The van der Waals surface area contributed by atoms with Gasteiger partial charge in [0, 0.05) is 19.6 Å². The molecule has 0 aliphatic carbocycles. The average Bonchev–Trinajstić information content (AvgIpc) is 2.15. The summed E-state index contributed by atoms with van der Waals surface area (Å²) in [7, 11) is -1.38. The van der Waals surface area contributed by atoms with E-state index in [1.807, 2.05) is 7.05 Å². The Kier molecular flexibility index (Phi) is 4.94. The van der Waals surface area contributed by atoms with Crippen LogP contribution in [0.5, 0.6) is 0 Å². The van der Waals surface area contributed by atoms with Crippen molar-refractivity contribution in [3.05, 3.63) is 0 Å². The molecule has 0 saturated carbocycles. The minimum Gasteiger partial charge on any atom is -0.395 e. The van der Waals surface area contributed by atoms with Crippen molar-refractivity contribution in [2.45, 2.75) is 6.10 Å². The number of hydrogen-bond acceptors (Lipinski definition) is 5. The first-order valence-electron chi connectivity index (χ1n) is 4.92. The number of nitrogens with zero attached hydrogens (tertiary/aromatic N) is 1. The number of aliphatic hydroxyl groups is 1. The van der Waals surface area contributed by atoms with Gasteiger partial charge in [0.15, 0.2) is 0 Å². The van der Waals surface area contributed by atoms with E-state index in [0.717, 1.165) is 13.1 Å². The Hall–Kier alpha value is -0.210. The largest absolute Gasteiger partial charge is 0.395 e. The van der Waals surface area contributed by atoms with Crippen LogP contribution < -0.4 is 4.72 Å². The van der Waals surface area contributed by atoms with Crippen molar-refractivity contribution >= 4 is 10.0 Å². The van der Waals surface area contributed by atoms with Gasteiger partial charge in [0.2, 0.25) is 10.0 Å². The second kappa shape index (κ2) is 5.76. The van der Waals surface area contributed by atoms with Gasteiger partial charge in [0.1, 0.15) is 0 Å². The van der Waals surface area contributed by atoms with Crippen molar-refractivity contribution in [2.75, 3.05) is 45.6 Å². The molecular formula is C8H18N2O4S. The van der Waals surface area contributed by atoms with E-state index in [1.54, 1.807) is 0 Å². The lowest BCUT2D eigenvalue weighted by Crippen LogP contribution is -2.46. The van der Waals surface area contributed by atoms with Crippen LogP contribution in [0.1, 0.15) is 0 Å². The van der Waals surface area contributed by atoms with Gasteiger partial charge in [-0.05, 0) is 7.05 Å². The van der Waals surface area contributed by atoms with Crippen LogP contribution >= 0.6 is 0 Å². The molecule has 0 aromatic rings. The van der Waals surface area contributed by atoms with Crippen LogP contribution in [-0.2, 0) is 14.8 Å². The van der Waals surface area contributed by atoms with Crippen LogP contribution in [0, 0.1) is 0 Å². The zero-order chi connectivity index (χ0) is 11.3. The monoisotopic (exact) mass is 238 g/mol. The molecule has 1 heterocycles. The molecular weight excluding hydrogens is 220 g/mol. The van der Waals surface area contributed by atoms with Crippen molar-refractivity contribution in [3.63, 3.8) is 0 Å². The fourth-order valence-electron chi connectivity index (χ4n) is 1.40. The fourth-order valence-corrected chi connectivity index (χ4v) is 2.23. The molecule has 0 radical (unpaired) electrons. The van der Waals surface area contributed by atoms with E-state index in [1.165, 1.54) is 0 Å². The molecule has 0 spiro atoms. The summed E-state index contributed by atoms with van der Waals surface area (Å²) in [6.07, 6.45) is -0.0998. The highest BCUT2D eigenvalue weighted by Gasteiger charge is 2.19. The summed E-state index contributed by atoms with van der Waals surface area (Å²) in [6.45, 7) is 2.14. The molecule has 1 saturated heterocycles. The summed E-state index contributed by atoms with van der Waals surface area (Å²) < 4.78 is 30.2. The number of sulfonamides is 1. The predicted octanol–water partition coefficient (Wildman–Crippen LogP) is -1.77. The minimum atomic E-state index is -3.35. The van der Waals surface area contributed by atoms with E-state index in [4.69, 9.17) is 9.84 Å². The molecule has 6 nitrogen and oxygen atoms in total. The summed E-state index contributed by atoms with van der Waals surface area (Å²) in [4.78, 5) is 2.09. The number of hydrogen-bond donors (Lipinski definition) is 2. The van der Waals surface area contributed by atoms with E-state index in [0.29, 0.717) is 6.61 Å². The Morgan fingerprint density at radius 3 is 2.93 bits per heavy atom. The molecule has 1 atom stereocenters. The zero-order valence-corrected chi connectivity index (χ0v) is 9.66. The molecule has 0 aromatic carbocycles. The first-order valence-corrected chi connectivity index (χ1v) is 6.57. The van der Waals surface area contributed by atoms with E-state index >= 15 is 0 Å². The van der Waals surface area contributed by atoms with Crippen molar-refractivity contribution < 1.29 is 18.3 Å². The molecule has 0 bridgehead atoms. The number of rotatable bonds is 5. The van der Waals surface area contributed by atoms with Gasteiger partial charge in [-0.25, -0.2) is 13.1 Å². The second-order valence-electron chi connectivity index (χ2n) is 3.65. The van der Waals surface area contributed by atoms with Crippen LogP contribution in [-0.4, -0.2) is 70.2 Å². The molecule has 0 aromatic heterocycles.